The number of alkyl halides is 6. The molecule has 4 nitrogen and oxygen atoms in total. The lowest BCUT2D eigenvalue weighted by Crippen LogP contribution is -2.61. The lowest BCUT2D eigenvalue weighted by molar-refractivity contribution is -0.144. The Morgan fingerprint density at radius 1 is 0.850 bits per heavy atom. The van der Waals surface area contributed by atoms with E-state index in [1.54, 1.807) is 11.8 Å². The van der Waals surface area contributed by atoms with Crippen LogP contribution in [0.2, 0.25) is 10.0 Å². The number of nitrogens with one attached hydrogen (secondary N) is 1. The monoisotopic (exact) mass is 609 g/mol. The van der Waals surface area contributed by atoms with E-state index in [0.717, 1.165) is 32.4 Å². The number of carbonyl (C=O) groups excluding carboxylic acids is 1. The van der Waals surface area contributed by atoms with E-state index in [9.17, 15) is 31.1 Å². The molecule has 0 spiro atoms. The van der Waals surface area contributed by atoms with Gasteiger partial charge in [0.05, 0.1) is 11.1 Å². The summed E-state index contributed by atoms with van der Waals surface area (Å²) < 4.78 is 84.0. The molecule has 0 saturated carbocycles. The highest BCUT2D eigenvalue weighted by molar-refractivity contribution is 6.36. The molecule has 220 valence electrons. The number of carbonyl (C=O) groups is 1. The van der Waals surface area contributed by atoms with Gasteiger partial charge in [0.25, 0.3) is 0 Å². The molecule has 2 aliphatic rings. The van der Waals surface area contributed by atoms with Gasteiger partial charge in [0.15, 0.2) is 5.54 Å². The lowest BCUT2D eigenvalue weighted by Gasteiger charge is -2.49. The summed E-state index contributed by atoms with van der Waals surface area (Å²) >= 11 is 13.2. The lowest BCUT2D eigenvalue weighted by atomic mass is 9.77. The molecule has 2 saturated heterocycles. The molecular formula is C28H31Cl2F6N3O. The second-order valence-corrected chi connectivity index (χ2v) is 11.1. The van der Waals surface area contributed by atoms with Crippen LogP contribution in [0.3, 0.4) is 0 Å². The van der Waals surface area contributed by atoms with Crippen molar-refractivity contribution in [2.24, 2.45) is 0 Å². The first kappa shape index (κ1) is 30.9. The fourth-order valence-corrected chi connectivity index (χ4v) is 6.69. The predicted octanol–water partition coefficient (Wildman–Crippen LogP) is 7.36. The molecule has 2 aromatic rings. The number of hydrogen-bond donors (Lipinski definition) is 1. The number of likely N-dealkylation sites (tertiary alicyclic amines) is 2. The van der Waals surface area contributed by atoms with E-state index in [1.807, 2.05) is 0 Å². The van der Waals surface area contributed by atoms with Crippen LogP contribution >= 0.6 is 23.2 Å². The number of amides is 1. The van der Waals surface area contributed by atoms with Crippen molar-refractivity contribution < 1.29 is 31.1 Å². The van der Waals surface area contributed by atoms with Gasteiger partial charge in [-0.2, -0.15) is 26.3 Å². The Labute approximate surface area is 239 Å². The van der Waals surface area contributed by atoms with Crippen LogP contribution in [-0.4, -0.2) is 54.5 Å². The average molecular weight is 610 g/mol. The fraction of sp³-hybridized carbons (Fsp3) is 0.536. The topological polar surface area (TPSA) is 35.6 Å². The molecule has 2 fully saturated rings. The third-order valence-corrected chi connectivity index (χ3v) is 8.47. The third kappa shape index (κ3) is 6.10. The summed E-state index contributed by atoms with van der Waals surface area (Å²) in [6.07, 6.45) is -5.76. The van der Waals surface area contributed by atoms with E-state index in [-0.39, 0.29) is 47.4 Å². The van der Waals surface area contributed by atoms with Gasteiger partial charge in [-0.25, -0.2) is 0 Å². The largest absolute Gasteiger partial charge is 0.416 e. The zero-order valence-electron chi connectivity index (χ0n) is 21.9. The molecule has 12 heteroatoms. The Hall–Kier alpha value is -2.01. The highest BCUT2D eigenvalue weighted by Crippen LogP contribution is 2.48. The van der Waals surface area contributed by atoms with Gasteiger partial charge >= 0.3 is 12.4 Å². The molecule has 0 bridgehead atoms. The molecule has 1 unspecified atom stereocenters. The second-order valence-electron chi connectivity index (χ2n) is 10.3. The Morgan fingerprint density at radius 2 is 1.35 bits per heavy atom. The van der Waals surface area contributed by atoms with Gasteiger partial charge in [-0.1, -0.05) is 35.7 Å². The number of halogens is 8. The van der Waals surface area contributed by atoms with Gasteiger partial charge < -0.3 is 10.2 Å². The average Bonchev–Trinajstić information content (AvgIpc) is 2.90. The van der Waals surface area contributed by atoms with E-state index in [2.05, 4.69) is 10.2 Å². The number of benzene rings is 2. The Bertz CT molecular complexity index is 1160. The highest BCUT2D eigenvalue weighted by atomic mass is 35.5. The van der Waals surface area contributed by atoms with Crippen molar-refractivity contribution in [3.05, 3.63) is 68.7 Å². The van der Waals surface area contributed by atoms with Crippen LogP contribution in [0, 0.1) is 0 Å². The van der Waals surface area contributed by atoms with Gasteiger partial charge in [0.1, 0.15) is 0 Å². The van der Waals surface area contributed by atoms with Crippen molar-refractivity contribution in [3.63, 3.8) is 0 Å². The zero-order chi connectivity index (χ0) is 29.3. The minimum Gasteiger partial charge on any atom is -0.354 e. The summed E-state index contributed by atoms with van der Waals surface area (Å²) in [6.45, 7) is 4.04. The van der Waals surface area contributed by atoms with Gasteiger partial charge in [-0.05, 0) is 81.6 Å². The smallest absolute Gasteiger partial charge is 0.354 e. The maximum atomic E-state index is 14.1. The molecule has 1 amide bonds. The van der Waals surface area contributed by atoms with Crippen molar-refractivity contribution >= 4 is 29.1 Å². The minimum absolute atomic E-state index is 0.0390. The first-order valence-electron chi connectivity index (χ1n) is 13.3. The van der Waals surface area contributed by atoms with Crippen molar-refractivity contribution in [2.75, 3.05) is 32.7 Å². The minimum atomic E-state index is -5.10. The summed E-state index contributed by atoms with van der Waals surface area (Å²) in [5, 5.41) is 2.58. The van der Waals surface area contributed by atoms with Gasteiger partial charge in [0, 0.05) is 41.3 Å². The van der Waals surface area contributed by atoms with E-state index in [4.69, 9.17) is 23.2 Å². The van der Waals surface area contributed by atoms with Crippen molar-refractivity contribution in [1.82, 2.24) is 15.1 Å². The first-order chi connectivity index (χ1) is 18.8. The third-order valence-electron chi connectivity index (χ3n) is 7.84. The quantitative estimate of drug-likeness (QED) is 0.348. The molecule has 2 aromatic carbocycles. The van der Waals surface area contributed by atoms with Crippen LogP contribution < -0.4 is 5.32 Å². The first-order valence-corrected chi connectivity index (χ1v) is 14.1. The van der Waals surface area contributed by atoms with Gasteiger partial charge in [-0.15, -0.1) is 0 Å². The molecule has 2 aliphatic heterocycles. The van der Waals surface area contributed by atoms with Gasteiger partial charge in [-0.3, -0.25) is 9.69 Å². The maximum Gasteiger partial charge on any atom is 0.416 e. The van der Waals surface area contributed by atoms with Crippen LogP contribution in [0.5, 0.6) is 0 Å². The van der Waals surface area contributed by atoms with Crippen LogP contribution in [0.1, 0.15) is 61.3 Å². The van der Waals surface area contributed by atoms with E-state index in [0.29, 0.717) is 25.0 Å². The van der Waals surface area contributed by atoms with E-state index < -0.39 is 40.5 Å². The Balaban J connectivity index is 1.96. The predicted molar refractivity (Wildman–Crippen MR) is 142 cm³/mol. The van der Waals surface area contributed by atoms with Crippen molar-refractivity contribution in [2.45, 2.75) is 63.0 Å². The summed E-state index contributed by atoms with van der Waals surface area (Å²) in [6, 6.07) is 5.83. The van der Waals surface area contributed by atoms with E-state index in [1.165, 1.54) is 18.2 Å². The number of nitrogens with zero attached hydrogens (tertiary/aromatic N) is 2. The molecular weight excluding hydrogens is 579 g/mol. The molecule has 0 aromatic heterocycles. The SMILES string of the molecule is CCNC(=O)C(c1cc(C(F)(F)F)cc(C(F)(F)F)c1)(c1c(Cl)cccc1Cl)N1CCC(N2CCCCC2)CC1. The van der Waals surface area contributed by atoms with E-state index >= 15 is 0 Å². The number of hydrogen-bond acceptors (Lipinski definition) is 3. The molecule has 4 rings (SSSR count). The fourth-order valence-electron chi connectivity index (χ4n) is 6.02. The van der Waals surface area contributed by atoms with Crippen molar-refractivity contribution in [3.8, 4) is 0 Å². The summed E-state index contributed by atoms with van der Waals surface area (Å²) in [5.74, 6) is -0.797. The molecule has 1 N–H and O–H groups in total. The van der Waals surface area contributed by atoms with Crippen molar-refractivity contribution in [1.29, 1.82) is 0 Å². The standard InChI is InChI=1S/C28H31Cl2F6N3O/c1-2-37-25(40)26(24-22(29)7-6-8-23(24)30,39-13-9-21(10-14-39)38-11-4-3-5-12-38)18-15-19(27(31,32)33)17-20(16-18)28(34,35)36/h6-8,15-17,21H,2-5,9-14H2,1H3,(H,37,40). The summed E-state index contributed by atoms with van der Waals surface area (Å²) in [4.78, 5) is 18.2. The number of likely N-dealkylation sites (N-methyl/N-ethyl adjacent to an activating group) is 1. The molecule has 0 radical (unpaired) electrons. The zero-order valence-corrected chi connectivity index (χ0v) is 23.5. The molecule has 2 heterocycles. The molecule has 40 heavy (non-hydrogen) atoms. The highest BCUT2D eigenvalue weighted by Gasteiger charge is 2.52. The van der Waals surface area contributed by atoms with Crippen LogP contribution in [0.25, 0.3) is 0 Å². The number of piperidine rings is 2. The normalized spacial score (nSPS) is 19.8. The Kier molecular flexibility index (Phi) is 9.34. The van der Waals surface area contributed by atoms with Crippen LogP contribution in [0.15, 0.2) is 36.4 Å². The summed E-state index contributed by atoms with van der Waals surface area (Å²) in [5.41, 5.74) is -5.73. The Morgan fingerprint density at radius 3 is 1.82 bits per heavy atom. The maximum absolute atomic E-state index is 14.1. The number of rotatable bonds is 6. The molecule has 0 aliphatic carbocycles. The van der Waals surface area contributed by atoms with Crippen LogP contribution in [-0.2, 0) is 22.7 Å². The second kappa shape index (κ2) is 12.1. The van der Waals surface area contributed by atoms with Crippen LogP contribution in [0.4, 0.5) is 26.3 Å². The summed E-state index contributed by atoms with van der Waals surface area (Å²) in [7, 11) is 0. The van der Waals surface area contributed by atoms with Gasteiger partial charge in [0.2, 0.25) is 5.91 Å². The molecule has 1 atom stereocenters.